The van der Waals surface area contributed by atoms with Crippen LogP contribution < -0.4 is 25.7 Å². The largest absolute Gasteiger partial charge is 0.493 e. The van der Waals surface area contributed by atoms with Crippen LogP contribution in [0.1, 0.15) is 10.6 Å². The number of aryl methyl sites for hydroxylation is 1. The van der Waals surface area contributed by atoms with Crippen molar-refractivity contribution in [3.8, 4) is 28.1 Å². The monoisotopic (exact) mass is 485 g/mol. The number of likely N-dealkylation sites (N-methyl/N-ethyl adjacent to an activating group) is 1. The third kappa shape index (κ3) is 6.04. The Morgan fingerprint density at radius 3 is 2.41 bits per heavy atom. The summed E-state index contributed by atoms with van der Waals surface area (Å²) in [5.41, 5.74) is 13.2. The van der Waals surface area contributed by atoms with Crippen molar-refractivity contribution in [1.29, 1.82) is 0 Å². The van der Waals surface area contributed by atoms with Gasteiger partial charge < -0.3 is 30.6 Å². The van der Waals surface area contributed by atoms with Gasteiger partial charge in [-0.25, -0.2) is 4.98 Å². The first-order chi connectivity index (χ1) is 16.4. The average molecular weight is 486 g/mol. The first kappa shape index (κ1) is 24.0. The molecule has 34 heavy (non-hydrogen) atoms. The molecule has 1 saturated heterocycles. The van der Waals surface area contributed by atoms with Gasteiger partial charge in [0.1, 0.15) is 29.9 Å². The topological polar surface area (TPSA) is 125 Å². The molecule has 1 aliphatic rings. The first-order valence-electron chi connectivity index (χ1n) is 11.1. The highest BCUT2D eigenvalue weighted by Gasteiger charge is 2.16. The van der Waals surface area contributed by atoms with Crippen molar-refractivity contribution in [3.63, 3.8) is 0 Å². The minimum Gasteiger partial charge on any atom is -0.493 e. The van der Waals surface area contributed by atoms with Crippen LogP contribution in [0.4, 0.5) is 11.6 Å². The maximum atomic E-state index is 6.12. The molecule has 4 N–H and O–H groups in total. The number of methoxy groups -OCH3 is 1. The third-order valence-corrected chi connectivity index (χ3v) is 6.71. The number of nitrogen functional groups attached to an aromatic ring is 2. The number of nitrogens with zero attached hydrogens (tertiary/aromatic N) is 5. The van der Waals surface area contributed by atoms with Gasteiger partial charge in [-0.15, -0.1) is 11.3 Å². The number of nitrogens with two attached hydrogens (primary N) is 2. The van der Waals surface area contributed by atoms with E-state index in [1.54, 1.807) is 18.4 Å². The lowest BCUT2D eigenvalue weighted by atomic mass is 10.2. The molecule has 0 aliphatic carbocycles. The van der Waals surface area contributed by atoms with Crippen molar-refractivity contribution in [2.75, 3.05) is 65.0 Å². The summed E-state index contributed by atoms with van der Waals surface area (Å²) in [6, 6.07) is 7.49. The molecule has 4 rings (SSSR count). The van der Waals surface area contributed by atoms with E-state index in [2.05, 4.69) is 26.8 Å². The Kier molecular flexibility index (Phi) is 7.66. The lowest BCUT2D eigenvalue weighted by Gasteiger charge is -2.32. The summed E-state index contributed by atoms with van der Waals surface area (Å²) in [6.07, 6.45) is 0. The van der Waals surface area contributed by atoms with Crippen molar-refractivity contribution in [3.05, 3.63) is 34.8 Å². The van der Waals surface area contributed by atoms with E-state index >= 15 is 0 Å². The van der Waals surface area contributed by atoms with Gasteiger partial charge in [-0.05, 0) is 32.2 Å². The summed E-state index contributed by atoms with van der Waals surface area (Å²) < 4.78 is 17.3. The van der Waals surface area contributed by atoms with Crippen LogP contribution in [0.2, 0.25) is 0 Å². The van der Waals surface area contributed by atoms with Gasteiger partial charge in [0, 0.05) is 49.2 Å². The van der Waals surface area contributed by atoms with Gasteiger partial charge in [0.2, 0.25) is 0 Å². The molecule has 0 saturated carbocycles. The van der Waals surface area contributed by atoms with Gasteiger partial charge in [0.25, 0.3) is 0 Å². The molecule has 1 fully saturated rings. The first-order valence-corrected chi connectivity index (χ1v) is 11.9. The molecule has 0 radical (unpaired) electrons. The summed E-state index contributed by atoms with van der Waals surface area (Å²) in [5, 5.41) is 0.871. The molecule has 10 nitrogen and oxygen atoms in total. The number of ether oxygens (including phenoxy) is 3. The maximum absolute atomic E-state index is 6.12. The zero-order valence-corrected chi connectivity index (χ0v) is 20.6. The molecule has 0 amide bonds. The molecule has 0 bridgehead atoms. The molecule has 0 unspecified atom stereocenters. The summed E-state index contributed by atoms with van der Waals surface area (Å²) in [5.74, 6) is 1.94. The summed E-state index contributed by atoms with van der Waals surface area (Å²) >= 11 is 1.59. The fourth-order valence-electron chi connectivity index (χ4n) is 3.62. The Labute approximate surface area is 203 Å². The molecule has 0 spiro atoms. The number of thiazole rings is 1. The molecule has 1 aromatic carbocycles. The molecule has 1 aliphatic heterocycles. The van der Waals surface area contributed by atoms with Gasteiger partial charge >= 0.3 is 6.01 Å². The quantitative estimate of drug-likeness (QED) is 0.466. The summed E-state index contributed by atoms with van der Waals surface area (Å²) in [4.78, 5) is 18.7. The number of rotatable bonds is 9. The second-order valence-corrected chi connectivity index (χ2v) is 9.37. The van der Waals surface area contributed by atoms with Gasteiger partial charge in [-0.1, -0.05) is 0 Å². The minimum atomic E-state index is 0.131. The zero-order chi connectivity index (χ0) is 24.1. The molecule has 182 valence electrons. The van der Waals surface area contributed by atoms with E-state index in [4.69, 9.17) is 30.7 Å². The summed E-state index contributed by atoms with van der Waals surface area (Å²) in [7, 11) is 3.81. The van der Waals surface area contributed by atoms with Crippen LogP contribution in [0.3, 0.4) is 0 Å². The van der Waals surface area contributed by atoms with E-state index in [-0.39, 0.29) is 24.3 Å². The van der Waals surface area contributed by atoms with E-state index in [0.29, 0.717) is 18.1 Å². The molecule has 0 atom stereocenters. The van der Waals surface area contributed by atoms with Crippen LogP contribution in [0, 0.1) is 6.92 Å². The number of hydrogen-bond acceptors (Lipinski definition) is 11. The van der Waals surface area contributed by atoms with Crippen molar-refractivity contribution in [2.24, 2.45) is 0 Å². The highest BCUT2D eigenvalue weighted by molar-refractivity contribution is 7.15. The Morgan fingerprint density at radius 2 is 1.71 bits per heavy atom. The van der Waals surface area contributed by atoms with Gasteiger partial charge in [0.15, 0.2) is 11.5 Å². The molecule has 2 aromatic heterocycles. The number of piperazine rings is 1. The fourth-order valence-corrected chi connectivity index (χ4v) is 4.54. The van der Waals surface area contributed by atoms with E-state index < -0.39 is 0 Å². The maximum Gasteiger partial charge on any atom is 0.320 e. The lowest BCUT2D eigenvalue weighted by Crippen LogP contribution is -2.45. The number of anilines is 2. The van der Waals surface area contributed by atoms with Crippen LogP contribution >= 0.6 is 11.3 Å². The smallest absolute Gasteiger partial charge is 0.320 e. The standard InChI is InChI=1S/C23H31N7O3S/c1-15-17(14-33-23-27-20(24)13-21(25)28-23)26-22(34-15)16-4-5-18(31-3)19(12-16)32-11-10-30-8-6-29(2)7-9-30/h4-5,12-13H,6-11,14H2,1-3H3,(H4,24,25,27,28). The Balaban J connectivity index is 1.42. The highest BCUT2D eigenvalue weighted by atomic mass is 32.1. The van der Waals surface area contributed by atoms with Crippen LogP contribution in [-0.2, 0) is 6.61 Å². The van der Waals surface area contributed by atoms with E-state index in [9.17, 15) is 0 Å². The van der Waals surface area contributed by atoms with Crippen molar-refractivity contribution < 1.29 is 14.2 Å². The second kappa shape index (κ2) is 10.9. The van der Waals surface area contributed by atoms with E-state index in [0.717, 1.165) is 53.9 Å². The van der Waals surface area contributed by atoms with Crippen molar-refractivity contribution >= 4 is 23.0 Å². The van der Waals surface area contributed by atoms with Crippen molar-refractivity contribution in [1.82, 2.24) is 24.8 Å². The molecular weight excluding hydrogens is 454 g/mol. The van der Waals surface area contributed by atoms with Gasteiger partial charge in [-0.3, -0.25) is 4.90 Å². The van der Waals surface area contributed by atoms with Crippen LogP contribution in [0.25, 0.3) is 10.6 Å². The van der Waals surface area contributed by atoms with E-state index in [1.807, 2.05) is 25.1 Å². The van der Waals surface area contributed by atoms with Gasteiger partial charge in [-0.2, -0.15) is 9.97 Å². The SMILES string of the molecule is COc1ccc(-c2nc(COc3nc(N)cc(N)n3)c(C)s2)cc1OCCN1CCN(C)CC1. The van der Waals surface area contributed by atoms with Crippen LogP contribution in [0.15, 0.2) is 24.3 Å². The zero-order valence-electron chi connectivity index (χ0n) is 19.8. The van der Waals surface area contributed by atoms with Crippen molar-refractivity contribution in [2.45, 2.75) is 13.5 Å². The highest BCUT2D eigenvalue weighted by Crippen LogP contribution is 2.35. The predicted octanol–water partition coefficient (Wildman–Crippen LogP) is 2.29. The fraction of sp³-hybridized carbons (Fsp3) is 0.435. The number of aromatic nitrogens is 3. The molecular formula is C23H31N7O3S. The van der Waals surface area contributed by atoms with Crippen LogP contribution in [-0.4, -0.2) is 78.2 Å². The number of hydrogen-bond donors (Lipinski definition) is 2. The Morgan fingerprint density at radius 1 is 0.971 bits per heavy atom. The van der Waals surface area contributed by atoms with Crippen LogP contribution in [0.5, 0.6) is 17.5 Å². The Bertz CT molecular complexity index is 1100. The lowest BCUT2D eigenvalue weighted by molar-refractivity contribution is 0.133. The number of benzene rings is 1. The Hall–Kier alpha value is -3.15. The second-order valence-electron chi connectivity index (χ2n) is 8.17. The normalized spacial score (nSPS) is 14.8. The predicted molar refractivity (Wildman–Crippen MR) is 133 cm³/mol. The molecule has 3 aromatic rings. The third-order valence-electron chi connectivity index (χ3n) is 5.65. The van der Waals surface area contributed by atoms with Gasteiger partial charge in [0.05, 0.1) is 12.8 Å². The minimum absolute atomic E-state index is 0.131. The molecule has 3 heterocycles. The molecule has 11 heteroatoms. The average Bonchev–Trinajstić information content (AvgIpc) is 3.19. The summed E-state index contributed by atoms with van der Waals surface area (Å²) in [6.45, 7) is 8.01. The van der Waals surface area contributed by atoms with E-state index in [1.165, 1.54) is 6.07 Å².